The van der Waals surface area contributed by atoms with Crippen molar-refractivity contribution in [2.45, 2.75) is 121 Å². The predicted octanol–water partition coefficient (Wildman–Crippen LogP) is 9.32. The lowest BCUT2D eigenvalue weighted by Gasteiger charge is -2.33. The molecule has 0 aliphatic carbocycles. The van der Waals surface area contributed by atoms with E-state index in [1.807, 2.05) is 24.3 Å². The van der Waals surface area contributed by atoms with Crippen LogP contribution in [0.3, 0.4) is 0 Å². The van der Waals surface area contributed by atoms with Gasteiger partial charge in [-0.2, -0.15) is 0 Å². The highest BCUT2D eigenvalue weighted by Crippen LogP contribution is 2.39. The van der Waals surface area contributed by atoms with Gasteiger partial charge in [0.1, 0.15) is 52.3 Å². The number of likely N-dealkylation sites (tertiary alicyclic amines) is 2. The van der Waals surface area contributed by atoms with Crippen LogP contribution in [0, 0.1) is 11.6 Å². The van der Waals surface area contributed by atoms with E-state index in [9.17, 15) is 19.2 Å². The molecule has 360 valence electrons. The summed E-state index contributed by atoms with van der Waals surface area (Å²) in [6, 6.07) is 17.9. The third kappa shape index (κ3) is 11.0. The highest BCUT2D eigenvalue weighted by Gasteiger charge is 2.40. The Morgan fingerprint density at radius 1 is 0.647 bits per heavy atom. The van der Waals surface area contributed by atoms with Crippen molar-refractivity contribution in [3.05, 3.63) is 125 Å². The Morgan fingerprint density at radius 2 is 1.10 bits per heavy atom. The zero-order chi connectivity index (χ0) is 48.3. The highest BCUT2D eigenvalue weighted by molar-refractivity contribution is 5.88. The fourth-order valence-corrected chi connectivity index (χ4v) is 9.50. The molecule has 0 saturated carbocycles. The maximum absolute atomic E-state index is 16.0. The number of carbonyl (C=O) groups is 4. The van der Waals surface area contributed by atoms with Gasteiger partial charge in [-0.3, -0.25) is 9.59 Å². The molecule has 68 heavy (non-hydrogen) atoms. The number of aromatic amines is 2. The second kappa shape index (κ2) is 19.8. The first-order valence-corrected chi connectivity index (χ1v) is 23.5. The molecule has 3 saturated heterocycles. The first kappa shape index (κ1) is 47.7. The van der Waals surface area contributed by atoms with E-state index in [4.69, 9.17) is 14.5 Å². The molecule has 8 rings (SSSR count). The number of carbonyl (C=O) groups excluding carboxylic acids is 4. The Bertz CT molecular complexity index is 2560. The number of hydrogen-bond donors (Lipinski definition) is 4. The average molecular weight is 934 g/mol. The highest BCUT2D eigenvalue weighted by atomic mass is 19.1. The molecule has 5 heterocycles. The van der Waals surface area contributed by atoms with E-state index < -0.39 is 53.1 Å². The van der Waals surface area contributed by atoms with Crippen LogP contribution in [0.1, 0.15) is 139 Å². The second-order valence-electron chi connectivity index (χ2n) is 19.8. The van der Waals surface area contributed by atoms with Gasteiger partial charge in [0.15, 0.2) is 0 Å². The monoisotopic (exact) mass is 933 g/mol. The number of imidazole rings is 2. The van der Waals surface area contributed by atoms with Gasteiger partial charge in [0.05, 0.1) is 24.0 Å². The van der Waals surface area contributed by atoms with Crippen LogP contribution >= 0.6 is 0 Å². The van der Waals surface area contributed by atoms with Crippen LogP contribution in [0.5, 0.6) is 0 Å². The van der Waals surface area contributed by atoms with E-state index in [1.165, 1.54) is 18.3 Å². The van der Waals surface area contributed by atoms with E-state index in [2.05, 4.69) is 25.6 Å². The number of hydrogen-bond acceptors (Lipinski definition) is 9. The number of anilines is 1. The number of H-pyrrole nitrogens is 2. The molecular weight excluding hydrogens is 873 g/mol. The maximum atomic E-state index is 16.0. The SMILES string of the molecule is CC(C)(C)OC(=O)N[C@@H](C(=O)N1CCC[C@H]1c1ncc(-c2cc(F)c(N3CCC(c4cnc([C@@H]5CCCN5C(=O)[C@H](NC(=O)OC(C)(C)C)c5ccccc5)[nH]4)CC3)c(F)c2)[nH]1)c1ccccc1. The minimum atomic E-state index is -1.00. The lowest BCUT2D eigenvalue weighted by molar-refractivity contribution is -0.135. The summed E-state index contributed by atoms with van der Waals surface area (Å²) < 4.78 is 43.0. The Morgan fingerprint density at radius 3 is 1.57 bits per heavy atom. The summed E-state index contributed by atoms with van der Waals surface area (Å²) in [6.07, 6.45) is 5.91. The Hall–Kier alpha value is -6.78. The molecule has 3 aliphatic heterocycles. The average Bonchev–Trinajstić information content (AvgIpc) is 4.14. The van der Waals surface area contributed by atoms with Gasteiger partial charge in [0.25, 0.3) is 11.8 Å². The van der Waals surface area contributed by atoms with Crippen LogP contribution in [0.25, 0.3) is 11.3 Å². The molecular formula is C51H61F2N9O6. The third-order valence-electron chi connectivity index (χ3n) is 12.6. The minimum absolute atomic E-state index is 0.0517. The van der Waals surface area contributed by atoms with Gasteiger partial charge in [-0.1, -0.05) is 60.7 Å². The quantitative estimate of drug-likeness (QED) is 0.101. The van der Waals surface area contributed by atoms with Crippen LogP contribution in [-0.4, -0.2) is 91.1 Å². The molecule has 3 fully saturated rings. The second-order valence-corrected chi connectivity index (χ2v) is 19.8. The van der Waals surface area contributed by atoms with Crippen LogP contribution in [-0.2, 0) is 19.1 Å². The van der Waals surface area contributed by atoms with Gasteiger partial charge in [0, 0.05) is 49.6 Å². The van der Waals surface area contributed by atoms with Crippen molar-refractivity contribution in [1.29, 1.82) is 0 Å². The molecule has 17 heteroatoms. The summed E-state index contributed by atoms with van der Waals surface area (Å²) in [6.45, 7) is 12.3. The van der Waals surface area contributed by atoms with E-state index in [0.29, 0.717) is 86.8 Å². The number of rotatable bonds is 11. The molecule has 3 aromatic carbocycles. The number of nitrogens with one attached hydrogen (secondary N) is 4. The van der Waals surface area contributed by atoms with Crippen LogP contribution in [0.4, 0.5) is 24.1 Å². The molecule has 0 radical (unpaired) electrons. The van der Waals surface area contributed by atoms with Crippen molar-refractivity contribution in [1.82, 2.24) is 40.4 Å². The molecule has 0 spiro atoms. The molecule has 3 aliphatic rings. The van der Waals surface area contributed by atoms with Crippen molar-refractivity contribution in [2.24, 2.45) is 0 Å². The zero-order valence-corrected chi connectivity index (χ0v) is 39.5. The summed E-state index contributed by atoms with van der Waals surface area (Å²) >= 11 is 0. The fraction of sp³-hybridized carbons (Fsp3) is 0.451. The fourth-order valence-electron chi connectivity index (χ4n) is 9.50. The number of aromatic nitrogens is 4. The topological polar surface area (TPSA) is 178 Å². The van der Waals surface area contributed by atoms with Gasteiger partial charge in [-0.05, 0) is 103 Å². The molecule has 4 atom stereocenters. The van der Waals surface area contributed by atoms with Crippen LogP contribution < -0.4 is 15.5 Å². The molecule has 0 unspecified atom stereocenters. The Balaban J connectivity index is 0.909. The van der Waals surface area contributed by atoms with Gasteiger partial charge < -0.3 is 44.8 Å². The number of amides is 4. The minimum Gasteiger partial charge on any atom is -0.444 e. The van der Waals surface area contributed by atoms with E-state index in [0.717, 1.165) is 12.1 Å². The van der Waals surface area contributed by atoms with Gasteiger partial charge in [-0.25, -0.2) is 28.3 Å². The van der Waals surface area contributed by atoms with Crippen molar-refractivity contribution < 1.29 is 37.4 Å². The molecule has 15 nitrogen and oxygen atoms in total. The molecule has 4 amide bonds. The molecule has 0 bridgehead atoms. The number of alkyl carbamates (subject to hydrolysis) is 2. The smallest absolute Gasteiger partial charge is 0.408 e. The number of ether oxygens (including phenoxy) is 2. The van der Waals surface area contributed by atoms with Gasteiger partial charge in [-0.15, -0.1) is 0 Å². The summed E-state index contributed by atoms with van der Waals surface area (Å²) in [5.41, 5.74) is 1.23. The largest absolute Gasteiger partial charge is 0.444 e. The van der Waals surface area contributed by atoms with E-state index >= 15 is 8.78 Å². The first-order valence-electron chi connectivity index (χ1n) is 23.5. The first-order chi connectivity index (χ1) is 32.4. The maximum Gasteiger partial charge on any atom is 0.408 e. The third-order valence-corrected chi connectivity index (χ3v) is 12.6. The van der Waals surface area contributed by atoms with E-state index in [-0.39, 0.29) is 35.0 Å². The van der Waals surface area contributed by atoms with Crippen molar-refractivity contribution in [3.8, 4) is 11.3 Å². The molecule has 5 aromatic rings. The summed E-state index contributed by atoms with van der Waals surface area (Å²) in [4.78, 5) is 75.3. The van der Waals surface area contributed by atoms with Crippen molar-refractivity contribution in [2.75, 3.05) is 31.1 Å². The van der Waals surface area contributed by atoms with Crippen molar-refractivity contribution >= 4 is 29.7 Å². The number of piperidine rings is 1. The standard InChI is InChI=1S/C51H61F2N9O6/c1-50(2,3)67-48(65)58-41(32-15-9-7-10-16-32)46(63)61-23-13-19-39(61)44-54-29-37(56-44)31-21-25-60(26-22-31)43-35(52)27-34(28-36(43)53)38-30-55-45(57-38)40-20-14-24-62(40)47(64)42(33-17-11-8-12-18-33)59-49(66)68-51(4,5)6/h7-12,15-18,27-31,39-42H,13-14,19-26H2,1-6H3,(H,54,56)(H,55,57)(H,58,65)(H,59,66)/t39-,40-,41+,42+/m0/s1. The zero-order valence-electron chi connectivity index (χ0n) is 39.5. The van der Waals surface area contributed by atoms with Crippen LogP contribution in [0.15, 0.2) is 85.2 Å². The summed E-state index contributed by atoms with van der Waals surface area (Å²) in [5, 5.41) is 5.55. The van der Waals surface area contributed by atoms with Gasteiger partial charge >= 0.3 is 12.2 Å². The number of halogens is 2. The molecule has 2 aromatic heterocycles. The summed E-state index contributed by atoms with van der Waals surface area (Å²) in [7, 11) is 0. The predicted molar refractivity (Wildman–Crippen MR) is 251 cm³/mol. The lowest BCUT2D eigenvalue weighted by atomic mass is 9.93. The lowest BCUT2D eigenvalue weighted by Crippen LogP contribution is -2.44. The normalized spacial score (nSPS) is 18.9. The number of nitrogens with zero attached hydrogens (tertiary/aromatic N) is 5. The summed E-state index contributed by atoms with van der Waals surface area (Å²) in [5.74, 6) is -0.790. The van der Waals surface area contributed by atoms with E-state index in [1.54, 1.807) is 98.8 Å². The number of benzene rings is 3. The Kier molecular flexibility index (Phi) is 13.9. The molecule has 4 N–H and O–H groups in total. The Labute approximate surface area is 395 Å². The van der Waals surface area contributed by atoms with Crippen LogP contribution in [0.2, 0.25) is 0 Å². The van der Waals surface area contributed by atoms with Gasteiger partial charge in [0.2, 0.25) is 0 Å². The van der Waals surface area contributed by atoms with Crippen molar-refractivity contribution in [3.63, 3.8) is 0 Å².